The minimum absolute atomic E-state index is 0.144. The summed E-state index contributed by atoms with van der Waals surface area (Å²) in [6, 6.07) is 5.85. The fourth-order valence-corrected chi connectivity index (χ4v) is 2.01. The number of aromatic nitrogens is 2. The van der Waals surface area contributed by atoms with E-state index in [9.17, 15) is 18.0 Å². The normalized spacial score (nSPS) is 11.8. The molecule has 1 aromatic carbocycles. The molecule has 1 aromatic heterocycles. The van der Waals surface area contributed by atoms with Crippen molar-refractivity contribution >= 4 is 29.2 Å². The Balaban J connectivity index is 2.22. The van der Waals surface area contributed by atoms with Crippen LogP contribution < -0.4 is 15.4 Å². The summed E-state index contributed by atoms with van der Waals surface area (Å²) in [6.45, 7) is 5.34. The maximum Gasteiger partial charge on any atom is 0.421 e. The highest BCUT2D eigenvalue weighted by Gasteiger charge is 2.35. The van der Waals surface area contributed by atoms with Gasteiger partial charge < -0.3 is 15.4 Å². The number of hydrogen-bond donors (Lipinski definition) is 2. The van der Waals surface area contributed by atoms with E-state index in [1.165, 1.54) is 24.3 Å². The summed E-state index contributed by atoms with van der Waals surface area (Å²) in [5.74, 6) is -0.362. The third-order valence-electron chi connectivity index (χ3n) is 2.85. The molecule has 26 heavy (non-hydrogen) atoms. The summed E-state index contributed by atoms with van der Waals surface area (Å²) in [5.41, 5.74) is -1.34. The Morgan fingerprint density at radius 1 is 1.23 bits per heavy atom. The lowest BCUT2D eigenvalue weighted by atomic mass is 10.1. The first-order valence-corrected chi connectivity index (χ1v) is 7.79. The number of nitrogens with one attached hydrogen (secondary N) is 2. The van der Waals surface area contributed by atoms with Crippen molar-refractivity contribution in [2.45, 2.75) is 32.5 Å². The number of rotatable bonds is 3. The van der Waals surface area contributed by atoms with Crippen molar-refractivity contribution in [2.24, 2.45) is 0 Å². The maximum absolute atomic E-state index is 13.1. The molecular formula is C16H16ClF3N4O2. The third kappa shape index (κ3) is 5.76. The smallest absolute Gasteiger partial charge is 0.410 e. The number of carbonyl (C=O) groups is 1. The first-order valence-electron chi connectivity index (χ1n) is 7.41. The number of amides is 1. The molecule has 0 saturated heterocycles. The second-order valence-electron chi connectivity index (χ2n) is 6.32. The van der Waals surface area contributed by atoms with E-state index < -0.39 is 29.2 Å². The molecule has 10 heteroatoms. The van der Waals surface area contributed by atoms with Gasteiger partial charge in [-0.25, -0.2) is 9.78 Å². The summed E-state index contributed by atoms with van der Waals surface area (Å²) in [5, 5.41) is 4.78. The first kappa shape index (κ1) is 19.8. The lowest BCUT2D eigenvalue weighted by Crippen LogP contribution is -2.42. The summed E-state index contributed by atoms with van der Waals surface area (Å²) >= 11 is 5.59. The van der Waals surface area contributed by atoms with E-state index in [0.29, 0.717) is 6.20 Å². The minimum atomic E-state index is -4.66. The van der Waals surface area contributed by atoms with Gasteiger partial charge >= 0.3 is 12.3 Å². The quantitative estimate of drug-likeness (QED) is 0.740. The van der Waals surface area contributed by atoms with E-state index in [0.717, 1.165) is 0 Å². The molecule has 0 unspecified atom stereocenters. The van der Waals surface area contributed by atoms with Crippen molar-refractivity contribution in [3.8, 4) is 5.75 Å². The molecule has 0 aliphatic heterocycles. The molecule has 2 N–H and O–H groups in total. The Hall–Kier alpha value is -2.55. The second kappa shape index (κ2) is 7.36. The highest BCUT2D eigenvalue weighted by atomic mass is 35.5. The zero-order chi connectivity index (χ0) is 19.5. The van der Waals surface area contributed by atoms with Crippen LogP contribution in [0.1, 0.15) is 26.3 Å². The van der Waals surface area contributed by atoms with Crippen LogP contribution in [0.3, 0.4) is 0 Å². The Kier molecular flexibility index (Phi) is 5.60. The van der Waals surface area contributed by atoms with Crippen LogP contribution in [0.4, 0.5) is 29.5 Å². The van der Waals surface area contributed by atoms with Crippen LogP contribution in [0.5, 0.6) is 5.75 Å². The molecule has 0 fully saturated rings. The topological polar surface area (TPSA) is 76.1 Å². The third-order valence-corrected chi connectivity index (χ3v) is 3.03. The van der Waals surface area contributed by atoms with E-state index in [2.05, 4.69) is 20.6 Å². The van der Waals surface area contributed by atoms with Crippen LogP contribution in [-0.2, 0) is 6.18 Å². The van der Waals surface area contributed by atoms with Crippen molar-refractivity contribution in [2.75, 3.05) is 5.32 Å². The molecule has 140 valence electrons. The number of carbonyl (C=O) groups excluding carboxylic acids is 1. The van der Waals surface area contributed by atoms with Gasteiger partial charge in [-0.2, -0.15) is 18.2 Å². The zero-order valence-electron chi connectivity index (χ0n) is 14.1. The van der Waals surface area contributed by atoms with E-state index in [1.807, 2.05) is 0 Å². The maximum atomic E-state index is 13.1. The van der Waals surface area contributed by atoms with Gasteiger partial charge in [0.2, 0.25) is 5.28 Å². The Labute approximate surface area is 152 Å². The molecule has 1 amide bonds. The molecule has 0 aliphatic rings. The van der Waals surface area contributed by atoms with Crippen LogP contribution in [0.15, 0.2) is 30.5 Å². The average Bonchev–Trinajstić information content (AvgIpc) is 2.44. The van der Waals surface area contributed by atoms with Crippen molar-refractivity contribution in [1.29, 1.82) is 0 Å². The first-order chi connectivity index (χ1) is 11.9. The molecule has 0 radical (unpaired) electrons. The molecule has 2 aromatic rings. The predicted octanol–water partition coefficient (Wildman–Crippen LogP) is 4.78. The molecule has 6 nitrogen and oxygen atoms in total. The van der Waals surface area contributed by atoms with Crippen molar-refractivity contribution < 1.29 is 22.7 Å². The van der Waals surface area contributed by atoms with Crippen LogP contribution in [0, 0.1) is 0 Å². The minimum Gasteiger partial charge on any atom is -0.410 e. The molecule has 0 spiro atoms. The summed E-state index contributed by atoms with van der Waals surface area (Å²) in [6.07, 6.45) is -4.75. The highest BCUT2D eigenvalue weighted by Crippen LogP contribution is 2.35. The fourth-order valence-electron chi connectivity index (χ4n) is 1.88. The van der Waals surface area contributed by atoms with Crippen LogP contribution in [0.25, 0.3) is 0 Å². The Bertz CT molecular complexity index is 807. The van der Waals surface area contributed by atoms with E-state index in [-0.39, 0.29) is 16.7 Å². The molecule has 0 bridgehead atoms. The molecular weight excluding hydrogens is 373 g/mol. The van der Waals surface area contributed by atoms with E-state index in [4.69, 9.17) is 16.3 Å². The molecule has 0 aliphatic carbocycles. The standard InChI is InChI=1S/C16H16ClF3N4O2/c1-15(2,3)24-14(25)26-10-6-4-5-9(7-10)22-12-11(16(18,19)20)8-21-13(17)23-12/h4-8H,1-3H3,(H,24,25)(H,21,22,23). The van der Waals surface area contributed by atoms with Crippen molar-refractivity contribution in [1.82, 2.24) is 15.3 Å². The van der Waals surface area contributed by atoms with Gasteiger partial charge in [-0.05, 0) is 44.5 Å². The van der Waals surface area contributed by atoms with Gasteiger partial charge in [-0.3, -0.25) is 0 Å². The summed E-state index contributed by atoms with van der Waals surface area (Å²) in [4.78, 5) is 18.7. The van der Waals surface area contributed by atoms with Gasteiger partial charge in [0.05, 0.1) is 0 Å². The van der Waals surface area contributed by atoms with Gasteiger partial charge in [-0.15, -0.1) is 0 Å². The average molecular weight is 389 g/mol. The monoisotopic (exact) mass is 388 g/mol. The summed E-state index contributed by atoms with van der Waals surface area (Å²) < 4.78 is 44.3. The molecule has 0 saturated carbocycles. The Morgan fingerprint density at radius 2 is 1.92 bits per heavy atom. The second-order valence-corrected chi connectivity index (χ2v) is 6.65. The zero-order valence-corrected chi connectivity index (χ0v) is 14.9. The summed E-state index contributed by atoms with van der Waals surface area (Å²) in [7, 11) is 0. The predicted molar refractivity (Wildman–Crippen MR) is 90.7 cm³/mol. The van der Waals surface area contributed by atoms with Gasteiger partial charge in [-0.1, -0.05) is 6.07 Å². The van der Waals surface area contributed by atoms with Crippen LogP contribution >= 0.6 is 11.6 Å². The number of hydrogen-bond acceptors (Lipinski definition) is 5. The lowest BCUT2D eigenvalue weighted by molar-refractivity contribution is -0.137. The number of alkyl halides is 3. The SMILES string of the molecule is CC(C)(C)NC(=O)Oc1cccc(Nc2nc(Cl)ncc2C(F)(F)F)c1. The Morgan fingerprint density at radius 3 is 2.54 bits per heavy atom. The number of anilines is 2. The highest BCUT2D eigenvalue weighted by molar-refractivity contribution is 6.28. The van der Waals surface area contributed by atoms with Crippen molar-refractivity contribution in [3.05, 3.63) is 41.3 Å². The van der Waals surface area contributed by atoms with Gasteiger partial charge in [0.25, 0.3) is 0 Å². The molecule has 2 rings (SSSR count). The fraction of sp³-hybridized carbons (Fsp3) is 0.312. The number of nitrogens with zero attached hydrogens (tertiary/aromatic N) is 2. The van der Waals surface area contributed by atoms with Gasteiger partial charge in [0.15, 0.2) is 0 Å². The van der Waals surface area contributed by atoms with Crippen LogP contribution in [0.2, 0.25) is 5.28 Å². The molecule has 0 atom stereocenters. The lowest BCUT2D eigenvalue weighted by Gasteiger charge is -2.20. The largest absolute Gasteiger partial charge is 0.421 e. The number of ether oxygens (including phenoxy) is 1. The number of halogens is 4. The number of benzene rings is 1. The van der Waals surface area contributed by atoms with Crippen molar-refractivity contribution in [3.63, 3.8) is 0 Å². The van der Waals surface area contributed by atoms with Gasteiger partial charge in [0, 0.05) is 23.5 Å². The van der Waals surface area contributed by atoms with Crippen LogP contribution in [-0.4, -0.2) is 21.6 Å². The van der Waals surface area contributed by atoms with E-state index >= 15 is 0 Å². The molecule has 1 heterocycles. The van der Waals surface area contributed by atoms with Gasteiger partial charge in [0.1, 0.15) is 17.1 Å². The van der Waals surface area contributed by atoms with E-state index in [1.54, 1.807) is 20.8 Å².